The molecule has 1 N–H and O–H groups in total. The van der Waals surface area contributed by atoms with Gasteiger partial charge >= 0.3 is 0 Å². The highest BCUT2D eigenvalue weighted by molar-refractivity contribution is 5.78. The maximum Gasteiger partial charge on any atom is 0.220 e. The summed E-state index contributed by atoms with van der Waals surface area (Å²) in [6, 6.07) is 10.3. The summed E-state index contributed by atoms with van der Waals surface area (Å²) < 4.78 is 5.93. The third-order valence-electron chi connectivity index (χ3n) is 4.27. The van der Waals surface area contributed by atoms with E-state index in [1.807, 2.05) is 24.4 Å². The molecule has 3 heterocycles. The molecule has 1 fully saturated rings. The first-order valence-corrected chi connectivity index (χ1v) is 8.72. The van der Waals surface area contributed by atoms with Crippen LogP contribution in [-0.2, 0) is 24.3 Å². The van der Waals surface area contributed by atoms with Crippen LogP contribution in [0.2, 0.25) is 0 Å². The van der Waals surface area contributed by atoms with Crippen LogP contribution in [0.5, 0.6) is 0 Å². The lowest BCUT2D eigenvalue weighted by atomic mass is 10.2. The smallest absolute Gasteiger partial charge is 0.220 e. The van der Waals surface area contributed by atoms with Gasteiger partial charge in [-0.3, -0.25) is 14.7 Å². The molecule has 3 rings (SSSR count). The van der Waals surface area contributed by atoms with E-state index in [9.17, 15) is 4.79 Å². The predicted molar refractivity (Wildman–Crippen MR) is 92.2 cm³/mol. The zero-order valence-corrected chi connectivity index (χ0v) is 14.2. The number of hydrogen-bond donors (Lipinski definition) is 1. The van der Waals surface area contributed by atoms with E-state index >= 15 is 0 Å². The van der Waals surface area contributed by atoms with Crippen molar-refractivity contribution in [2.45, 2.75) is 51.7 Å². The van der Waals surface area contributed by atoms with Crippen LogP contribution in [0.3, 0.4) is 0 Å². The summed E-state index contributed by atoms with van der Waals surface area (Å²) in [7, 11) is 0. The van der Waals surface area contributed by atoms with E-state index < -0.39 is 0 Å². The number of carbonyl (C=O) groups is 1. The fourth-order valence-electron chi connectivity index (χ4n) is 3.14. The summed E-state index contributed by atoms with van der Waals surface area (Å²) in [4.78, 5) is 18.2. The summed E-state index contributed by atoms with van der Waals surface area (Å²) in [5.74, 6) is 2.17. The number of carbonyl (C=O) groups excluding carboxylic acids is 1. The third kappa shape index (κ3) is 4.68. The van der Waals surface area contributed by atoms with Crippen LogP contribution in [0.15, 0.2) is 40.9 Å². The molecular formula is C19H25N3O2. The van der Waals surface area contributed by atoms with E-state index in [0.717, 1.165) is 56.1 Å². The number of nitrogens with zero attached hydrogens (tertiary/aromatic N) is 2. The zero-order valence-electron chi connectivity index (χ0n) is 14.2. The maximum absolute atomic E-state index is 11.5. The van der Waals surface area contributed by atoms with Crippen molar-refractivity contribution in [1.82, 2.24) is 15.2 Å². The molecule has 5 heteroatoms. The Balaban J connectivity index is 1.66. The molecule has 0 spiro atoms. The van der Waals surface area contributed by atoms with Gasteiger partial charge in [-0.1, -0.05) is 13.0 Å². The van der Waals surface area contributed by atoms with E-state index in [1.165, 1.54) is 0 Å². The lowest BCUT2D eigenvalue weighted by molar-refractivity contribution is -0.119. The van der Waals surface area contributed by atoms with Crippen molar-refractivity contribution in [3.63, 3.8) is 0 Å². The average Bonchev–Trinajstić information content (AvgIpc) is 3.18. The minimum absolute atomic E-state index is 0.154. The van der Waals surface area contributed by atoms with Crippen molar-refractivity contribution < 1.29 is 9.21 Å². The Morgan fingerprint density at radius 1 is 1.25 bits per heavy atom. The molecule has 0 radical (unpaired) electrons. The van der Waals surface area contributed by atoms with Crippen molar-refractivity contribution in [3.8, 4) is 0 Å². The molecule has 5 nitrogen and oxygen atoms in total. The van der Waals surface area contributed by atoms with Gasteiger partial charge in [0.1, 0.15) is 11.5 Å². The van der Waals surface area contributed by atoms with Gasteiger partial charge in [-0.05, 0) is 37.1 Å². The largest absolute Gasteiger partial charge is 0.465 e. The molecule has 1 aliphatic heterocycles. The van der Waals surface area contributed by atoms with Crippen LogP contribution in [0.1, 0.15) is 43.4 Å². The quantitative estimate of drug-likeness (QED) is 0.810. The van der Waals surface area contributed by atoms with Gasteiger partial charge in [0, 0.05) is 38.2 Å². The van der Waals surface area contributed by atoms with Gasteiger partial charge in [-0.25, -0.2) is 0 Å². The first-order chi connectivity index (χ1) is 11.7. The number of hydrogen-bond acceptors (Lipinski definition) is 4. The van der Waals surface area contributed by atoms with Crippen molar-refractivity contribution in [3.05, 3.63) is 53.7 Å². The number of furan rings is 1. The Kier molecular flexibility index (Phi) is 5.64. The lowest BCUT2D eigenvalue weighted by Crippen LogP contribution is -2.38. The average molecular weight is 327 g/mol. The topological polar surface area (TPSA) is 58.4 Å². The van der Waals surface area contributed by atoms with Crippen LogP contribution < -0.4 is 5.32 Å². The minimum atomic E-state index is 0.154. The number of pyridine rings is 1. The Morgan fingerprint density at radius 2 is 2.12 bits per heavy atom. The Morgan fingerprint density at radius 3 is 2.83 bits per heavy atom. The van der Waals surface area contributed by atoms with Gasteiger partial charge in [0.2, 0.25) is 5.91 Å². The summed E-state index contributed by atoms with van der Waals surface area (Å²) in [6.45, 7) is 4.44. The standard InChI is InChI=1S/C19H25N3O2/c1-2-5-17-8-9-18(24-17)14-22(12-15-6-3-4-11-20-15)13-16-7-10-19(23)21-16/h3-4,6,8-9,11,16H,2,5,7,10,12-14H2,1H3,(H,21,23)/t16-/m0/s1. The van der Waals surface area contributed by atoms with E-state index in [1.54, 1.807) is 0 Å². The molecule has 0 aromatic carbocycles. The van der Waals surface area contributed by atoms with Gasteiger partial charge in [-0.15, -0.1) is 0 Å². The summed E-state index contributed by atoms with van der Waals surface area (Å²) in [5, 5.41) is 3.05. The van der Waals surface area contributed by atoms with Crippen molar-refractivity contribution in [1.29, 1.82) is 0 Å². The molecule has 0 bridgehead atoms. The fourth-order valence-corrected chi connectivity index (χ4v) is 3.14. The van der Waals surface area contributed by atoms with Gasteiger partial charge in [0.15, 0.2) is 0 Å². The fraction of sp³-hybridized carbons (Fsp3) is 0.474. The highest BCUT2D eigenvalue weighted by Gasteiger charge is 2.23. The second-order valence-corrected chi connectivity index (χ2v) is 6.41. The summed E-state index contributed by atoms with van der Waals surface area (Å²) in [5.41, 5.74) is 1.03. The van der Waals surface area contributed by atoms with Crippen LogP contribution in [0.4, 0.5) is 0 Å². The first kappa shape index (κ1) is 16.7. The SMILES string of the molecule is CCCc1ccc(CN(Cc2ccccn2)C[C@@H]2CCC(=O)N2)o1. The molecule has 0 saturated carbocycles. The van der Waals surface area contributed by atoms with Crippen molar-refractivity contribution >= 4 is 5.91 Å². The molecule has 0 aliphatic carbocycles. The second-order valence-electron chi connectivity index (χ2n) is 6.41. The number of amides is 1. The summed E-state index contributed by atoms with van der Waals surface area (Å²) >= 11 is 0. The molecule has 2 aromatic heterocycles. The first-order valence-electron chi connectivity index (χ1n) is 8.72. The maximum atomic E-state index is 11.5. The normalized spacial score (nSPS) is 17.4. The van der Waals surface area contributed by atoms with Crippen molar-refractivity contribution in [2.75, 3.05) is 6.54 Å². The molecule has 1 amide bonds. The minimum Gasteiger partial charge on any atom is -0.465 e. The molecule has 128 valence electrons. The Hall–Kier alpha value is -2.14. The third-order valence-corrected chi connectivity index (χ3v) is 4.27. The van der Waals surface area contributed by atoms with Gasteiger partial charge < -0.3 is 9.73 Å². The molecule has 1 atom stereocenters. The zero-order chi connectivity index (χ0) is 16.8. The van der Waals surface area contributed by atoms with E-state index in [-0.39, 0.29) is 11.9 Å². The van der Waals surface area contributed by atoms with E-state index in [0.29, 0.717) is 6.42 Å². The predicted octanol–water partition coefficient (Wildman–Crippen LogP) is 2.91. The van der Waals surface area contributed by atoms with Gasteiger partial charge in [-0.2, -0.15) is 0 Å². The molecule has 1 aliphatic rings. The highest BCUT2D eigenvalue weighted by Crippen LogP contribution is 2.16. The second kappa shape index (κ2) is 8.11. The number of nitrogens with one attached hydrogen (secondary N) is 1. The van der Waals surface area contributed by atoms with Crippen molar-refractivity contribution in [2.24, 2.45) is 0 Å². The van der Waals surface area contributed by atoms with Gasteiger partial charge in [0.25, 0.3) is 0 Å². The van der Waals surface area contributed by atoms with Crippen LogP contribution in [0, 0.1) is 0 Å². The van der Waals surface area contributed by atoms with Crippen LogP contribution in [-0.4, -0.2) is 28.4 Å². The molecule has 0 unspecified atom stereocenters. The van der Waals surface area contributed by atoms with E-state index in [2.05, 4.69) is 34.3 Å². The monoisotopic (exact) mass is 327 g/mol. The van der Waals surface area contributed by atoms with Gasteiger partial charge in [0.05, 0.1) is 12.2 Å². The molecule has 2 aromatic rings. The Bertz CT molecular complexity index is 654. The number of rotatable bonds is 8. The van der Waals surface area contributed by atoms with Crippen LogP contribution in [0.25, 0.3) is 0 Å². The van der Waals surface area contributed by atoms with Crippen LogP contribution >= 0.6 is 0 Å². The highest BCUT2D eigenvalue weighted by atomic mass is 16.3. The van der Waals surface area contributed by atoms with E-state index in [4.69, 9.17) is 4.42 Å². The summed E-state index contributed by atoms with van der Waals surface area (Å²) in [6.07, 6.45) is 5.40. The number of aryl methyl sites for hydroxylation is 1. The molecule has 1 saturated heterocycles. The Labute approximate surface area is 143 Å². The molecular weight excluding hydrogens is 302 g/mol. The number of aromatic nitrogens is 1. The molecule has 24 heavy (non-hydrogen) atoms. The lowest BCUT2D eigenvalue weighted by Gasteiger charge is -2.24.